The molecule has 0 atom stereocenters. The molecule has 7 heteroatoms. The first-order valence-corrected chi connectivity index (χ1v) is 5.83. The number of hydrogen-bond donors (Lipinski definition) is 2. The molecule has 0 fully saturated rings. The second-order valence-corrected chi connectivity index (χ2v) is 5.47. The lowest BCUT2D eigenvalue weighted by Crippen LogP contribution is -2.37. The maximum atomic E-state index is 12.1. The van der Waals surface area contributed by atoms with Crippen LogP contribution in [0.2, 0.25) is 5.02 Å². The van der Waals surface area contributed by atoms with E-state index in [0.717, 1.165) is 6.07 Å². The van der Waals surface area contributed by atoms with Crippen LogP contribution in [0.4, 0.5) is 0 Å². The van der Waals surface area contributed by atoms with Crippen molar-refractivity contribution in [3.8, 4) is 11.5 Å². The Morgan fingerprint density at radius 1 is 1.21 bits per heavy atom. The summed E-state index contributed by atoms with van der Waals surface area (Å²) < 4.78 is 0. The van der Waals surface area contributed by atoms with E-state index in [9.17, 15) is 19.8 Å². The van der Waals surface area contributed by atoms with Gasteiger partial charge in [0.15, 0.2) is 11.5 Å². The molecule has 0 bridgehead atoms. The highest BCUT2D eigenvalue weighted by molar-refractivity contribution is 6.38. The Morgan fingerprint density at radius 3 is 2.32 bits per heavy atom. The van der Waals surface area contributed by atoms with E-state index >= 15 is 0 Å². The van der Waals surface area contributed by atoms with Crippen molar-refractivity contribution >= 4 is 23.4 Å². The first-order valence-electron chi connectivity index (χ1n) is 5.46. The summed E-state index contributed by atoms with van der Waals surface area (Å²) in [6.07, 6.45) is 0. The number of halogens is 1. The molecule has 2 amide bonds. The van der Waals surface area contributed by atoms with Gasteiger partial charge in [0, 0.05) is 0 Å². The Morgan fingerprint density at radius 2 is 1.79 bits per heavy atom. The number of hydrogen-bond acceptors (Lipinski definition) is 5. The van der Waals surface area contributed by atoms with Crippen LogP contribution in [0.5, 0.6) is 11.5 Å². The molecule has 1 aromatic rings. The smallest absolute Gasteiger partial charge is 0.287 e. The minimum absolute atomic E-state index is 0.102. The van der Waals surface area contributed by atoms with E-state index in [4.69, 9.17) is 16.4 Å². The summed E-state index contributed by atoms with van der Waals surface area (Å²) in [7, 11) is 0. The van der Waals surface area contributed by atoms with E-state index in [-0.39, 0.29) is 16.1 Å². The summed E-state index contributed by atoms with van der Waals surface area (Å²) in [5.41, 5.74) is -1.04. The lowest BCUT2D eigenvalue weighted by Gasteiger charge is -2.24. The summed E-state index contributed by atoms with van der Waals surface area (Å²) in [6.45, 7) is 5.02. The molecule has 0 unspecified atom stereocenters. The average molecular weight is 286 g/mol. The molecule has 2 rings (SSSR count). The van der Waals surface area contributed by atoms with Gasteiger partial charge < -0.3 is 10.2 Å². The maximum absolute atomic E-state index is 12.1. The second kappa shape index (κ2) is 4.11. The Balaban J connectivity index is 2.54. The van der Waals surface area contributed by atoms with Crippen molar-refractivity contribution < 1.29 is 24.6 Å². The molecule has 1 aliphatic rings. The zero-order chi connectivity index (χ0) is 14.5. The number of benzene rings is 1. The molecule has 1 aromatic carbocycles. The van der Waals surface area contributed by atoms with Crippen LogP contribution in [0.1, 0.15) is 41.5 Å². The largest absolute Gasteiger partial charge is 0.504 e. The summed E-state index contributed by atoms with van der Waals surface area (Å²) in [5, 5.41) is 19.1. The van der Waals surface area contributed by atoms with Crippen molar-refractivity contribution in [3.05, 3.63) is 22.2 Å². The SMILES string of the molecule is CC(C)(C)ON1C(=O)c2cc(O)c(O)c(Cl)c2C1=O. The van der Waals surface area contributed by atoms with Crippen LogP contribution in [0.25, 0.3) is 0 Å². The fraction of sp³-hybridized carbons (Fsp3) is 0.333. The van der Waals surface area contributed by atoms with E-state index in [1.54, 1.807) is 20.8 Å². The molecule has 19 heavy (non-hydrogen) atoms. The standard InChI is InChI=1S/C12H12ClNO5/c1-12(2,3)19-14-10(17)5-4-6(15)9(16)8(13)7(5)11(14)18/h4,15-16H,1-3H3. The third kappa shape index (κ3) is 2.13. The number of phenolic OH excluding ortho intramolecular Hbond substituents is 2. The van der Waals surface area contributed by atoms with Gasteiger partial charge in [-0.2, -0.15) is 0 Å². The number of amides is 2. The number of carbonyl (C=O) groups excluding carboxylic acids is 2. The minimum Gasteiger partial charge on any atom is -0.504 e. The first-order chi connectivity index (χ1) is 8.63. The quantitative estimate of drug-likeness (QED) is 0.609. The van der Waals surface area contributed by atoms with E-state index in [0.29, 0.717) is 5.06 Å². The number of phenols is 2. The number of hydroxylamine groups is 2. The molecule has 1 heterocycles. The molecule has 102 valence electrons. The van der Waals surface area contributed by atoms with E-state index in [1.165, 1.54) is 0 Å². The second-order valence-electron chi connectivity index (χ2n) is 5.09. The number of rotatable bonds is 1. The number of fused-ring (bicyclic) bond motifs is 1. The van der Waals surface area contributed by atoms with Gasteiger partial charge in [-0.15, -0.1) is 5.06 Å². The van der Waals surface area contributed by atoms with Crippen LogP contribution >= 0.6 is 11.6 Å². The fourth-order valence-corrected chi connectivity index (χ4v) is 1.94. The van der Waals surface area contributed by atoms with Gasteiger partial charge in [-0.3, -0.25) is 14.4 Å². The summed E-state index contributed by atoms with van der Waals surface area (Å²) in [4.78, 5) is 29.4. The number of nitrogens with zero attached hydrogens (tertiary/aromatic N) is 1. The highest BCUT2D eigenvalue weighted by Gasteiger charge is 2.42. The molecule has 0 saturated carbocycles. The summed E-state index contributed by atoms with van der Waals surface area (Å²) >= 11 is 5.78. The molecule has 0 spiro atoms. The van der Waals surface area contributed by atoms with Gasteiger partial charge in [0.1, 0.15) is 0 Å². The summed E-state index contributed by atoms with van der Waals surface area (Å²) in [5.74, 6) is -2.70. The van der Waals surface area contributed by atoms with Gasteiger partial charge in [0.05, 0.1) is 21.8 Å². The van der Waals surface area contributed by atoms with Crippen LogP contribution in [-0.4, -0.2) is 32.7 Å². The van der Waals surface area contributed by atoms with Crippen LogP contribution in [-0.2, 0) is 4.84 Å². The van der Waals surface area contributed by atoms with Crippen molar-refractivity contribution in [1.29, 1.82) is 0 Å². The molecule has 2 N–H and O–H groups in total. The third-order valence-electron chi connectivity index (χ3n) is 2.40. The van der Waals surface area contributed by atoms with Crippen LogP contribution in [0.3, 0.4) is 0 Å². The number of imide groups is 1. The normalized spacial score (nSPS) is 15.1. The Labute approximate surface area is 114 Å². The van der Waals surface area contributed by atoms with Gasteiger partial charge >= 0.3 is 0 Å². The highest BCUT2D eigenvalue weighted by Crippen LogP contribution is 2.41. The van der Waals surface area contributed by atoms with E-state index in [2.05, 4.69) is 0 Å². The zero-order valence-electron chi connectivity index (χ0n) is 10.5. The molecule has 6 nitrogen and oxygen atoms in total. The predicted octanol–water partition coefficient (Wildman–Crippen LogP) is 2.08. The Hall–Kier alpha value is -1.79. The monoisotopic (exact) mass is 285 g/mol. The van der Waals surface area contributed by atoms with Gasteiger partial charge in [-0.05, 0) is 26.8 Å². The van der Waals surface area contributed by atoms with Crippen LogP contribution < -0.4 is 0 Å². The predicted molar refractivity (Wildman–Crippen MR) is 66.1 cm³/mol. The molecular formula is C12H12ClNO5. The fourth-order valence-electron chi connectivity index (χ4n) is 1.66. The average Bonchev–Trinajstić information content (AvgIpc) is 2.49. The topological polar surface area (TPSA) is 87.1 Å². The Bertz CT molecular complexity index is 591. The van der Waals surface area contributed by atoms with Gasteiger partial charge in [-0.1, -0.05) is 11.6 Å². The molecule has 0 saturated heterocycles. The highest BCUT2D eigenvalue weighted by atomic mass is 35.5. The summed E-state index contributed by atoms with van der Waals surface area (Å²) in [6, 6.07) is 0.989. The molecule has 0 aromatic heterocycles. The zero-order valence-corrected chi connectivity index (χ0v) is 11.3. The van der Waals surface area contributed by atoms with Crippen molar-refractivity contribution in [3.63, 3.8) is 0 Å². The Kier molecular flexibility index (Phi) is 2.95. The maximum Gasteiger partial charge on any atom is 0.287 e. The van der Waals surface area contributed by atoms with Crippen molar-refractivity contribution in [1.82, 2.24) is 5.06 Å². The van der Waals surface area contributed by atoms with Crippen molar-refractivity contribution in [2.45, 2.75) is 26.4 Å². The first kappa shape index (κ1) is 13.6. The minimum atomic E-state index is -0.768. The van der Waals surface area contributed by atoms with Gasteiger partial charge in [0.2, 0.25) is 0 Å². The van der Waals surface area contributed by atoms with Gasteiger partial charge in [0.25, 0.3) is 11.8 Å². The lowest BCUT2D eigenvalue weighted by molar-refractivity contribution is -0.165. The third-order valence-corrected chi connectivity index (χ3v) is 2.77. The van der Waals surface area contributed by atoms with E-state index in [1.807, 2.05) is 0 Å². The van der Waals surface area contributed by atoms with Crippen molar-refractivity contribution in [2.24, 2.45) is 0 Å². The number of carbonyl (C=O) groups is 2. The van der Waals surface area contributed by atoms with Gasteiger partial charge in [-0.25, -0.2) is 0 Å². The molecule has 0 radical (unpaired) electrons. The van der Waals surface area contributed by atoms with Crippen LogP contribution in [0, 0.1) is 0 Å². The van der Waals surface area contributed by atoms with Crippen LogP contribution in [0.15, 0.2) is 6.07 Å². The lowest BCUT2D eigenvalue weighted by atomic mass is 10.1. The van der Waals surface area contributed by atoms with Crippen molar-refractivity contribution in [2.75, 3.05) is 0 Å². The molecule has 1 aliphatic heterocycles. The number of aromatic hydroxyl groups is 2. The molecule has 0 aliphatic carbocycles. The molecular weight excluding hydrogens is 274 g/mol. The van der Waals surface area contributed by atoms with E-state index < -0.39 is 28.9 Å².